The number of aliphatic hydroxyl groups is 1. The Morgan fingerprint density at radius 3 is 2.80 bits per heavy atom. The van der Waals surface area contributed by atoms with E-state index in [1.165, 1.54) is 11.1 Å². The van der Waals surface area contributed by atoms with Crippen LogP contribution in [0.2, 0.25) is 0 Å². The normalized spacial score (nSPS) is 13.7. The Morgan fingerprint density at radius 1 is 1.36 bits per heavy atom. The van der Waals surface area contributed by atoms with Gasteiger partial charge in [-0.05, 0) is 55.8 Å². The molecule has 0 fully saturated rings. The lowest BCUT2D eigenvalue weighted by atomic mass is 10.1. The number of guanidine groups is 1. The Balaban J connectivity index is 0.00000312. The molecule has 2 aromatic heterocycles. The molecule has 0 amide bonds. The quantitative estimate of drug-likeness (QED) is 0.328. The minimum absolute atomic E-state index is 0. The zero-order valence-corrected chi connectivity index (χ0v) is 18.1. The van der Waals surface area contributed by atoms with Crippen molar-refractivity contribution < 1.29 is 5.11 Å². The van der Waals surface area contributed by atoms with Gasteiger partial charge < -0.3 is 15.7 Å². The summed E-state index contributed by atoms with van der Waals surface area (Å²) in [5.41, 5.74) is 1.53. The zero-order chi connectivity index (χ0) is 17.4. The van der Waals surface area contributed by atoms with Gasteiger partial charge in [0.1, 0.15) is 5.60 Å². The highest BCUT2D eigenvalue weighted by atomic mass is 127. The van der Waals surface area contributed by atoms with Gasteiger partial charge in [0.15, 0.2) is 5.96 Å². The first-order chi connectivity index (χ1) is 11.5. The second kappa shape index (κ2) is 10.7. The molecule has 0 aliphatic carbocycles. The van der Waals surface area contributed by atoms with Crippen LogP contribution in [0.1, 0.15) is 29.9 Å². The van der Waals surface area contributed by atoms with Crippen LogP contribution >= 0.6 is 35.3 Å². The molecule has 0 aliphatic rings. The number of hydrogen-bond acceptors (Lipinski definition) is 4. The Labute approximate surface area is 171 Å². The third-order valence-electron chi connectivity index (χ3n) is 3.76. The largest absolute Gasteiger partial charge is 0.383 e. The standard InChI is InChI=1S/C18H26N4OS.HI/c1-4-20-17(21-10-8-15-7-9-19-12-14(15)2)22-13-18(3,23)16-6-5-11-24-16;/h5-7,9,11-12,23H,4,8,10,13H2,1-3H3,(H2,20,21,22);1H. The van der Waals surface area contributed by atoms with E-state index in [-0.39, 0.29) is 24.0 Å². The zero-order valence-electron chi connectivity index (χ0n) is 15.0. The van der Waals surface area contributed by atoms with Crippen LogP contribution < -0.4 is 10.6 Å². The number of nitrogens with zero attached hydrogens (tertiary/aromatic N) is 2. The molecule has 0 spiro atoms. The van der Waals surface area contributed by atoms with Crippen LogP contribution in [0.25, 0.3) is 0 Å². The minimum atomic E-state index is -0.946. The third-order valence-corrected chi connectivity index (χ3v) is 4.89. The van der Waals surface area contributed by atoms with Gasteiger partial charge in [-0.15, -0.1) is 35.3 Å². The Kier molecular flexibility index (Phi) is 9.37. The maximum Gasteiger partial charge on any atom is 0.191 e. The fourth-order valence-corrected chi connectivity index (χ4v) is 3.12. The van der Waals surface area contributed by atoms with E-state index in [0.717, 1.165) is 30.3 Å². The van der Waals surface area contributed by atoms with E-state index >= 15 is 0 Å². The van der Waals surface area contributed by atoms with E-state index < -0.39 is 5.60 Å². The van der Waals surface area contributed by atoms with Gasteiger partial charge in [-0.25, -0.2) is 4.99 Å². The predicted octanol–water partition coefficient (Wildman–Crippen LogP) is 3.07. The van der Waals surface area contributed by atoms with E-state index in [4.69, 9.17) is 0 Å². The van der Waals surface area contributed by atoms with E-state index in [9.17, 15) is 5.11 Å². The van der Waals surface area contributed by atoms with Crippen molar-refractivity contribution in [3.8, 4) is 0 Å². The van der Waals surface area contributed by atoms with Gasteiger partial charge >= 0.3 is 0 Å². The molecule has 2 rings (SSSR count). The average Bonchev–Trinajstić information content (AvgIpc) is 3.10. The summed E-state index contributed by atoms with van der Waals surface area (Å²) in [6, 6.07) is 5.92. The number of rotatable bonds is 7. The molecule has 3 N–H and O–H groups in total. The van der Waals surface area contributed by atoms with E-state index in [1.54, 1.807) is 18.3 Å². The molecule has 0 saturated heterocycles. The molecule has 138 valence electrons. The lowest BCUT2D eigenvalue weighted by molar-refractivity contribution is 0.0711. The maximum atomic E-state index is 10.6. The number of thiophene rings is 1. The van der Waals surface area contributed by atoms with Crippen LogP contribution in [0.15, 0.2) is 41.0 Å². The highest BCUT2D eigenvalue weighted by Gasteiger charge is 2.23. The van der Waals surface area contributed by atoms with Crippen molar-refractivity contribution in [1.82, 2.24) is 15.6 Å². The van der Waals surface area contributed by atoms with Crippen LogP contribution in [0.3, 0.4) is 0 Å². The van der Waals surface area contributed by atoms with E-state index in [2.05, 4.69) is 27.5 Å². The van der Waals surface area contributed by atoms with Crippen LogP contribution in [0.5, 0.6) is 0 Å². The van der Waals surface area contributed by atoms with Crippen molar-refractivity contribution in [2.24, 2.45) is 4.99 Å². The number of aromatic nitrogens is 1. The SMILES string of the molecule is CCNC(=NCC(C)(O)c1cccs1)NCCc1ccncc1C.I. The van der Waals surface area contributed by atoms with Crippen molar-refractivity contribution in [3.63, 3.8) is 0 Å². The van der Waals surface area contributed by atoms with Crippen LogP contribution in [0.4, 0.5) is 0 Å². The highest BCUT2D eigenvalue weighted by molar-refractivity contribution is 14.0. The molecule has 25 heavy (non-hydrogen) atoms. The van der Waals surface area contributed by atoms with Gasteiger partial charge in [0.25, 0.3) is 0 Å². The maximum absolute atomic E-state index is 10.6. The molecule has 7 heteroatoms. The average molecular weight is 474 g/mol. The Morgan fingerprint density at radius 2 is 2.16 bits per heavy atom. The second-order valence-corrected chi connectivity index (χ2v) is 6.87. The predicted molar refractivity (Wildman–Crippen MR) is 116 cm³/mol. The minimum Gasteiger partial charge on any atom is -0.383 e. The summed E-state index contributed by atoms with van der Waals surface area (Å²) in [6.45, 7) is 7.77. The molecule has 5 nitrogen and oxygen atoms in total. The first-order valence-electron chi connectivity index (χ1n) is 8.21. The number of nitrogens with one attached hydrogen (secondary N) is 2. The molecular weight excluding hydrogens is 447 g/mol. The van der Waals surface area contributed by atoms with Crippen molar-refractivity contribution in [3.05, 3.63) is 52.0 Å². The first kappa shape index (κ1) is 21.9. The van der Waals surface area contributed by atoms with Crippen LogP contribution in [-0.4, -0.2) is 35.7 Å². The molecule has 0 radical (unpaired) electrons. The van der Waals surface area contributed by atoms with Crippen molar-refractivity contribution >= 4 is 41.3 Å². The molecule has 0 aliphatic heterocycles. The van der Waals surface area contributed by atoms with Crippen molar-refractivity contribution in [2.75, 3.05) is 19.6 Å². The Hall–Kier alpha value is -1.19. The molecule has 0 aromatic carbocycles. The summed E-state index contributed by atoms with van der Waals surface area (Å²) >= 11 is 1.55. The smallest absolute Gasteiger partial charge is 0.191 e. The lowest BCUT2D eigenvalue weighted by Crippen LogP contribution is -2.39. The number of hydrogen-bond donors (Lipinski definition) is 3. The Bertz CT molecular complexity index is 659. The summed E-state index contributed by atoms with van der Waals surface area (Å²) in [5, 5.41) is 19.1. The number of aliphatic imine (C=N–C) groups is 1. The van der Waals surface area contributed by atoms with Gasteiger partial charge in [0, 0.05) is 30.4 Å². The second-order valence-electron chi connectivity index (χ2n) is 5.93. The van der Waals surface area contributed by atoms with Crippen LogP contribution in [0, 0.1) is 6.92 Å². The summed E-state index contributed by atoms with van der Waals surface area (Å²) in [7, 11) is 0. The fraction of sp³-hybridized carbons (Fsp3) is 0.444. The lowest BCUT2D eigenvalue weighted by Gasteiger charge is -2.20. The van der Waals surface area contributed by atoms with E-state index in [1.807, 2.05) is 42.9 Å². The van der Waals surface area contributed by atoms with Crippen LogP contribution in [-0.2, 0) is 12.0 Å². The first-order valence-corrected chi connectivity index (χ1v) is 9.09. The number of halogens is 1. The van der Waals surface area contributed by atoms with Gasteiger partial charge in [-0.1, -0.05) is 6.07 Å². The van der Waals surface area contributed by atoms with Gasteiger partial charge in [0.05, 0.1) is 6.54 Å². The topological polar surface area (TPSA) is 69.5 Å². The summed E-state index contributed by atoms with van der Waals surface area (Å²) < 4.78 is 0. The molecule has 1 unspecified atom stereocenters. The third kappa shape index (κ3) is 6.91. The summed E-state index contributed by atoms with van der Waals surface area (Å²) in [5.74, 6) is 0.723. The monoisotopic (exact) mass is 474 g/mol. The molecular formula is C18H27IN4OS. The van der Waals surface area contributed by atoms with Gasteiger partial charge in [-0.2, -0.15) is 0 Å². The van der Waals surface area contributed by atoms with E-state index in [0.29, 0.717) is 6.54 Å². The number of aryl methyl sites for hydroxylation is 1. The highest BCUT2D eigenvalue weighted by Crippen LogP contribution is 2.25. The summed E-state index contributed by atoms with van der Waals surface area (Å²) in [6.07, 6.45) is 4.60. The van der Waals surface area contributed by atoms with Gasteiger partial charge in [-0.3, -0.25) is 4.98 Å². The van der Waals surface area contributed by atoms with Crippen molar-refractivity contribution in [2.45, 2.75) is 32.8 Å². The molecule has 2 heterocycles. The molecule has 0 bridgehead atoms. The fourth-order valence-electron chi connectivity index (χ4n) is 2.34. The summed E-state index contributed by atoms with van der Waals surface area (Å²) in [4.78, 5) is 9.57. The molecule has 0 saturated carbocycles. The molecule has 1 atom stereocenters. The van der Waals surface area contributed by atoms with Gasteiger partial charge in [0.2, 0.25) is 0 Å². The molecule has 2 aromatic rings. The number of pyridine rings is 1. The van der Waals surface area contributed by atoms with Crippen molar-refractivity contribution in [1.29, 1.82) is 0 Å².